The van der Waals surface area contributed by atoms with Crippen LogP contribution in [0.1, 0.15) is 23.6 Å². The molecular formula is C11H16O2. The minimum absolute atomic E-state index is 0.281. The summed E-state index contributed by atoms with van der Waals surface area (Å²) in [6, 6.07) is 3.67. The van der Waals surface area contributed by atoms with E-state index in [0.717, 1.165) is 16.7 Å². The van der Waals surface area contributed by atoms with E-state index in [1.807, 2.05) is 19.9 Å². The summed E-state index contributed by atoms with van der Waals surface area (Å²) < 4.78 is 0. The summed E-state index contributed by atoms with van der Waals surface area (Å²) in [6.45, 7) is 5.68. The maximum absolute atomic E-state index is 9.55. The normalized spacial score (nSPS) is 12.9. The number of hydrogen-bond acceptors (Lipinski definition) is 2. The van der Waals surface area contributed by atoms with Crippen LogP contribution in [0.4, 0.5) is 0 Å². The summed E-state index contributed by atoms with van der Waals surface area (Å²) in [5.41, 5.74) is 3.04. The van der Waals surface area contributed by atoms with Crippen molar-refractivity contribution in [1.29, 1.82) is 0 Å². The van der Waals surface area contributed by atoms with Crippen LogP contribution in [0, 0.1) is 13.8 Å². The molecule has 0 aliphatic carbocycles. The van der Waals surface area contributed by atoms with Crippen LogP contribution in [-0.2, 0) is 6.42 Å². The SMILES string of the molecule is Cc1cc(O)c(C[C@H](C)O)cc1C. The zero-order valence-electron chi connectivity index (χ0n) is 8.33. The summed E-state index contributed by atoms with van der Waals surface area (Å²) in [6.07, 6.45) is 0.0976. The van der Waals surface area contributed by atoms with Crippen LogP contribution in [0.15, 0.2) is 12.1 Å². The Hall–Kier alpha value is -1.02. The molecule has 1 atom stereocenters. The van der Waals surface area contributed by atoms with Crippen molar-refractivity contribution in [3.8, 4) is 5.75 Å². The molecule has 0 heterocycles. The lowest BCUT2D eigenvalue weighted by Gasteiger charge is -2.09. The Labute approximate surface area is 78.8 Å². The number of aliphatic hydroxyl groups excluding tert-OH is 1. The molecular weight excluding hydrogens is 164 g/mol. The number of hydrogen-bond donors (Lipinski definition) is 2. The van der Waals surface area contributed by atoms with E-state index in [1.165, 1.54) is 0 Å². The molecule has 0 unspecified atom stereocenters. The molecule has 0 fully saturated rings. The van der Waals surface area contributed by atoms with Gasteiger partial charge in [-0.15, -0.1) is 0 Å². The van der Waals surface area contributed by atoms with Crippen molar-refractivity contribution in [2.24, 2.45) is 0 Å². The number of rotatable bonds is 2. The topological polar surface area (TPSA) is 40.5 Å². The lowest BCUT2D eigenvalue weighted by molar-refractivity contribution is 0.194. The summed E-state index contributed by atoms with van der Waals surface area (Å²) in [7, 11) is 0. The molecule has 72 valence electrons. The van der Waals surface area contributed by atoms with Crippen molar-refractivity contribution < 1.29 is 10.2 Å². The minimum atomic E-state index is -0.409. The Morgan fingerprint density at radius 2 is 1.77 bits per heavy atom. The van der Waals surface area contributed by atoms with Gasteiger partial charge in [0.05, 0.1) is 6.10 Å². The van der Waals surface area contributed by atoms with Crippen molar-refractivity contribution >= 4 is 0 Å². The van der Waals surface area contributed by atoms with Gasteiger partial charge in [0, 0.05) is 6.42 Å². The Balaban J connectivity index is 3.01. The van der Waals surface area contributed by atoms with Gasteiger partial charge in [-0.2, -0.15) is 0 Å². The predicted molar refractivity (Wildman–Crippen MR) is 53.0 cm³/mol. The Kier molecular flexibility index (Phi) is 2.94. The second-order valence-electron chi connectivity index (χ2n) is 3.62. The molecule has 0 radical (unpaired) electrons. The first-order chi connectivity index (χ1) is 6.00. The van der Waals surface area contributed by atoms with E-state index in [-0.39, 0.29) is 5.75 Å². The number of benzene rings is 1. The molecule has 0 aliphatic rings. The quantitative estimate of drug-likeness (QED) is 0.730. The largest absolute Gasteiger partial charge is 0.508 e. The van der Waals surface area contributed by atoms with Crippen LogP contribution < -0.4 is 0 Å². The fourth-order valence-electron chi connectivity index (χ4n) is 1.34. The molecule has 2 heteroatoms. The van der Waals surface area contributed by atoms with Crippen molar-refractivity contribution in [3.05, 3.63) is 28.8 Å². The Morgan fingerprint density at radius 1 is 1.23 bits per heavy atom. The van der Waals surface area contributed by atoms with Crippen molar-refractivity contribution in [2.75, 3.05) is 0 Å². The van der Waals surface area contributed by atoms with E-state index < -0.39 is 6.10 Å². The minimum Gasteiger partial charge on any atom is -0.508 e. The fraction of sp³-hybridized carbons (Fsp3) is 0.455. The highest BCUT2D eigenvalue weighted by atomic mass is 16.3. The molecule has 0 aromatic heterocycles. The third-order valence-electron chi connectivity index (χ3n) is 2.21. The molecule has 0 bridgehead atoms. The predicted octanol–water partition coefficient (Wildman–Crippen LogP) is 1.93. The van der Waals surface area contributed by atoms with E-state index >= 15 is 0 Å². The lowest BCUT2D eigenvalue weighted by atomic mass is 10.0. The number of aliphatic hydroxyl groups is 1. The third kappa shape index (κ3) is 2.46. The Morgan fingerprint density at radius 3 is 2.31 bits per heavy atom. The second kappa shape index (κ2) is 3.79. The van der Waals surface area contributed by atoms with Gasteiger partial charge < -0.3 is 10.2 Å². The van der Waals surface area contributed by atoms with Crippen LogP contribution in [0.2, 0.25) is 0 Å². The first-order valence-corrected chi connectivity index (χ1v) is 4.48. The molecule has 2 N–H and O–H groups in total. The zero-order chi connectivity index (χ0) is 10.0. The zero-order valence-corrected chi connectivity index (χ0v) is 8.33. The number of phenols is 1. The highest BCUT2D eigenvalue weighted by Gasteiger charge is 2.06. The molecule has 1 aromatic rings. The van der Waals surface area contributed by atoms with Crippen molar-refractivity contribution in [3.63, 3.8) is 0 Å². The number of phenolic OH excluding ortho intramolecular Hbond substituents is 1. The summed E-state index contributed by atoms with van der Waals surface area (Å²) in [4.78, 5) is 0. The van der Waals surface area contributed by atoms with Gasteiger partial charge in [0.25, 0.3) is 0 Å². The fourth-order valence-corrected chi connectivity index (χ4v) is 1.34. The average molecular weight is 180 g/mol. The first kappa shape index (κ1) is 10.1. The molecule has 1 aromatic carbocycles. The molecule has 0 amide bonds. The van der Waals surface area contributed by atoms with Crippen LogP contribution in [0.3, 0.4) is 0 Å². The standard InChI is InChI=1S/C11H16O2/c1-7-4-10(6-9(3)12)11(13)5-8(7)2/h4-5,9,12-13H,6H2,1-3H3/t9-/m0/s1. The van der Waals surface area contributed by atoms with Crippen LogP contribution in [-0.4, -0.2) is 16.3 Å². The Bertz CT molecular complexity index is 303. The molecule has 0 spiro atoms. The van der Waals surface area contributed by atoms with Crippen LogP contribution in [0.5, 0.6) is 5.75 Å². The van der Waals surface area contributed by atoms with Gasteiger partial charge in [-0.1, -0.05) is 6.07 Å². The van der Waals surface area contributed by atoms with E-state index in [1.54, 1.807) is 13.0 Å². The third-order valence-corrected chi connectivity index (χ3v) is 2.21. The smallest absolute Gasteiger partial charge is 0.119 e. The second-order valence-corrected chi connectivity index (χ2v) is 3.62. The molecule has 0 saturated heterocycles. The molecule has 1 rings (SSSR count). The summed E-state index contributed by atoms with van der Waals surface area (Å²) in [5.74, 6) is 0.281. The van der Waals surface area contributed by atoms with Gasteiger partial charge >= 0.3 is 0 Å². The van der Waals surface area contributed by atoms with E-state index in [2.05, 4.69) is 0 Å². The van der Waals surface area contributed by atoms with Gasteiger partial charge in [0.15, 0.2) is 0 Å². The molecule has 0 aliphatic heterocycles. The highest BCUT2D eigenvalue weighted by molar-refractivity contribution is 5.41. The van der Waals surface area contributed by atoms with Crippen molar-refractivity contribution in [2.45, 2.75) is 33.3 Å². The number of aromatic hydroxyl groups is 1. The van der Waals surface area contributed by atoms with E-state index in [0.29, 0.717) is 6.42 Å². The van der Waals surface area contributed by atoms with Gasteiger partial charge in [-0.3, -0.25) is 0 Å². The van der Waals surface area contributed by atoms with Gasteiger partial charge in [-0.25, -0.2) is 0 Å². The highest BCUT2D eigenvalue weighted by Crippen LogP contribution is 2.22. The van der Waals surface area contributed by atoms with Gasteiger partial charge in [0.1, 0.15) is 5.75 Å². The monoisotopic (exact) mass is 180 g/mol. The van der Waals surface area contributed by atoms with Crippen LogP contribution >= 0.6 is 0 Å². The van der Waals surface area contributed by atoms with Gasteiger partial charge in [-0.05, 0) is 43.5 Å². The average Bonchev–Trinajstić information content (AvgIpc) is 1.99. The summed E-state index contributed by atoms with van der Waals surface area (Å²) >= 11 is 0. The molecule has 0 saturated carbocycles. The van der Waals surface area contributed by atoms with E-state index in [4.69, 9.17) is 0 Å². The first-order valence-electron chi connectivity index (χ1n) is 4.48. The molecule has 2 nitrogen and oxygen atoms in total. The summed E-state index contributed by atoms with van der Waals surface area (Å²) in [5, 5.41) is 18.7. The van der Waals surface area contributed by atoms with Gasteiger partial charge in [0.2, 0.25) is 0 Å². The van der Waals surface area contributed by atoms with E-state index in [9.17, 15) is 10.2 Å². The maximum atomic E-state index is 9.55. The van der Waals surface area contributed by atoms with Crippen LogP contribution in [0.25, 0.3) is 0 Å². The lowest BCUT2D eigenvalue weighted by Crippen LogP contribution is -2.04. The number of aryl methyl sites for hydroxylation is 2. The maximum Gasteiger partial charge on any atom is 0.119 e. The molecule has 13 heavy (non-hydrogen) atoms. The van der Waals surface area contributed by atoms with Crippen molar-refractivity contribution in [1.82, 2.24) is 0 Å².